The normalized spacial score (nSPS) is 20.4. The van der Waals surface area contributed by atoms with Crippen molar-refractivity contribution >= 4 is 5.84 Å². The number of nitrogens with zero attached hydrogens (tertiary/aromatic N) is 3. The number of piperidine rings is 1. The van der Waals surface area contributed by atoms with Crippen molar-refractivity contribution < 1.29 is 5.21 Å². The number of likely N-dealkylation sites (tertiary alicyclic amines) is 1. The molecule has 104 valence electrons. The van der Waals surface area contributed by atoms with Crippen LogP contribution in [0.25, 0.3) is 0 Å². The van der Waals surface area contributed by atoms with E-state index in [0.29, 0.717) is 11.1 Å². The molecule has 5 nitrogen and oxygen atoms in total. The molecule has 1 aromatic rings. The number of aromatic nitrogens is 1. The van der Waals surface area contributed by atoms with Gasteiger partial charge in [0.15, 0.2) is 5.84 Å². The quantitative estimate of drug-likeness (QED) is 0.377. The Labute approximate surface area is 114 Å². The molecule has 0 unspecified atom stereocenters. The third-order valence-electron chi connectivity index (χ3n) is 3.81. The maximum absolute atomic E-state index is 8.67. The van der Waals surface area contributed by atoms with E-state index in [1.54, 1.807) is 6.20 Å². The standard InChI is InChI=1S/C14H22N4O/c1-14(2)4-7-18(8-5-14)10-11-3-6-16-12(9-11)13(15)17-19/h3,6,9,19H,4-5,7-8,10H2,1-2H3,(H2,15,17). The molecule has 1 saturated heterocycles. The summed E-state index contributed by atoms with van der Waals surface area (Å²) >= 11 is 0. The van der Waals surface area contributed by atoms with Crippen molar-refractivity contribution in [3.63, 3.8) is 0 Å². The molecule has 2 rings (SSSR count). The first-order chi connectivity index (χ1) is 9.00. The highest BCUT2D eigenvalue weighted by Gasteiger charge is 2.25. The van der Waals surface area contributed by atoms with Crippen LogP contribution in [0.2, 0.25) is 0 Å². The first-order valence-electron chi connectivity index (χ1n) is 6.65. The van der Waals surface area contributed by atoms with E-state index in [0.717, 1.165) is 25.2 Å². The Morgan fingerprint density at radius 2 is 2.16 bits per heavy atom. The number of rotatable bonds is 3. The fourth-order valence-electron chi connectivity index (χ4n) is 2.34. The van der Waals surface area contributed by atoms with Gasteiger partial charge < -0.3 is 10.9 Å². The number of hydrogen-bond acceptors (Lipinski definition) is 4. The van der Waals surface area contributed by atoms with Crippen LogP contribution in [0.15, 0.2) is 23.5 Å². The Bertz CT molecular complexity index is 460. The summed E-state index contributed by atoms with van der Waals surface area (Å²) in [6.45, 7) is 7.79. The lowest BCUT2D eigenvalue weighted by Crippen LogP contribution is -2.36. The molecule has 19 heavy (non-hydrogen) atoms. The summed E-state index contributed by atoms with van der Waals surface area (Å²) in [6, 6.07) is 3.86. The highest BCUT2D eigenvalue weighted by molar-refractivity contribution is 5.95. The first kappa shape index (κ1) is 13.8. The van der Waals surface area contributed by atoms with Gasteiger partial charge in [-0.05, 0) is 49.0 Å². The molecule has 0 saturated carbocycles. The van der Waals surface area contributed by atoms with Crippen molar-refractivity contribution in [3.05, 3.63) is 29.6 Å². The van der Waals surface area contributed by atoms with Crippen LogP contribution in [0.4, 0.5) is 0 Å². The fourth-order valence-corrected chi connectivity index (χ4v) is 2.34. The SMILES string of the molecule is CC1(C)CCN(Cc2ccnc(C(N)=NO)c2)CC1. The fraction of sp³-hybridized carbons (Fsp3) is 0.571. The van der Waals surface area contributed by atoms with E-state index >= 15 is 0 Å². The maximum Gasteiger partial charge on any atom is 0.188 e. The van der Waals surface area contributed by atoms with Crippen LogP contribution in [0.1, 0.15) is 37.9 Å². The zero-order valence-corrected chi connectivity index (χ0v) is 11.6. The van der Waals surface area contributed by atoms with Crippen LogP contribution in [0, 0.1) is 5.41 Å². The van der Waals surface area contributed by atoms with E-state index in [2.05, 4.69) is 28.9 Å². The van der Waals surface area contributed by atoms with E-state index in [4.69, 9.17) is 10.9 Å². The summed E-state index contributed by atoms with van der Waals surface area (Å²) in [5.74, 6) is 0.0571. The smallest absolute Gasteiger partial charge is 0.188 e. The molecule has 3 N–H and O–H groups in total. The summed E-state index contributed by atoms with van der Waals surface area (Å²) in [6.07, 6.45) is 4.16. The van der Waals surface area contributed by atoms with Crippen LogP contribution < -0.4 is 5.73 Å². The van der Waals surface area contributed by atoms with Crippen molar-refractivity contribution in [3.8, 4) is 0 Å². The Morgan fingerprint density at radius 1 is 1.47 bits per heavy atom. The van der Waals surface area contributed by atoms with Crippen molar-refractivity contribution in [1.29, 1.82) is 0 Å². The van der Waals surface area contributed by atoms with Crippen molar-refractivity contribution in [2.45, 2.75) is 33.2 Å². The second-order valence-corrected chi connectivity index (χ2v) is 5.97. The summed E-state index contributed by atoms with van der Waals surface area (Å²) in [5, 5.41) is 11.7. The predicted molar refractivity (Wildman–Crippen MR) is 75.0 cm³/mol. The molecule has 1 aliphatic heterocycles. The zero-order chi connectivity index (χ0) is 13.9. The molecule has 0 spiro atoms. The lowest BCUT2D eigenvalue weighted by atomic mass is 9.82. The highest BCUT2D eigenvalue weighted by atomic mass is 16.4. The molecule has 5 heteroatoms. The monoisotopic (exact) mass is 262 g/mol. The topological polar surface area (TPSA) is 74.7 Å². The van der Waals surface area contributed by atoms with Gasteiger partial charge in [-0.2, -0.15) is 0 Å². The van der Waals surface area contributed by atoms with E-state index in [-0.39, 0.29) is 5.84 Å². The summed E-state index contributed by atoms with van der Waals surface area (Å²) in [5.41, 5.74) is 7.70. The predicted octanol–water partition coefficient (Wildman–Crippen LogP) is 1.80. The summed E-state index contributed by atoms with van der Waals surface area (Å²) < 4.78 is 0. The molecule has 0 aromatic carbocycles. The van der Waals surface area contributed by atoms with Gasteiger partial charge in [-0.1, -0.05) is 19.0 Å². The van der Waals surface area contributed by atoms with Gasteiger partial charge in [0, 0.05) is 12.7 Å². The summed E-state index contributed by atoms with van der Waals surface area (Å²) in [4.78, 5) is 6.53. The van der Waals surface area contributed by atoms with E-state index in [1.165, 1.54) is 12.8 Å². The van der Waals surface area contributed by atoms with Gasteiger partial charge in [0.25, 0.3) is 0 Å². The maximum atomic E-state index is 8.67. The minimum Gasteiger partial charge on any atom is -0.409 e. The Kier molecular flexibility index (Phi) is 4.04. The molecule has 1 aliphatic rings. The van der Waals surface area contributed by atoms with Crippen LogP contribution >= 0.6 is 0 Å². The van der Waals surface area contributed by atoms with Gasteiger partial charge in [-0.3, -0.25) is 9.88 Å². The average Bonchev–Trinajstić information content (AvgIpc) is 2.41. The minimum atomic E-state index is 0.0571. The molecule has 0 amide bonds. The number of hydrogen-bond donors (Lipinski definition) is 2. The molecule has 0 radical (unpaired) electrons. The minimum absolute atomic E-state index is 0.0571. The van der Waals surface area contributed by atoms with Crippen LogP contribution in [-0.2, 0) is 6.54 Å². The molecule has 0 bridgehead atoms. The Hall–Kier alpha value is -1.62. The van der Waals surface area contributed by atoms with E-state index in [9.17, 15) is 0 Å². The van der Waals surface area contributed by atoms with Gasteiger partial charge in [0.2, 0.25) is 0 Å². The van der Waals surface area contributed by atoms with Crippen molar-refractivity contribution in [2.24, 2.45) is 16.3 Å². The van der Waals surface area contributed by atoms with Crippen molar-refractivity contribution in [1.82, 2.24) is 9.88 Å². The van der Waals surface area contributed by atoms with E-state index < -0.39 is 0 Å². The average molecular weight is 262 g/mol. The first-order valence-corrected chi connectivity index (χ1v) is 6.65. The third-order valence-corrected chi connectivity index (χ3v) is 3.81. The Morgan fingerprint density at radius 3 is 2.79 bits per heavy atom. The second-order valence-electron chi connectivity index (χ2n) is 5.97. The molecule has 0 aliphatic carbocycles. The van der Waals surface area contributed by atoms with Crippen LogP contribution in [0.5, 0.6) is 0 Å². The van der Waals surface area contributed by atoms with Crippen molar-refractivity contribution in [2.75, 3.05) is 13.1 Å². The number of oxime groups is 1. The van der Waals surface area contributed by atoms with Gasteiger partial charge in [-0.15, -0.1) is 0 Å². The third kappa shape index (κ3) is 3.67. The molecule has 0 atom stereocenters. The van der Waals surface area contributed by atoms with E-state index in [1.807, 2.05) is 12.1 Å². The molecule has 1 fully saturated rings. The van der Waals surface area contributed by atoms with Crippen LogP contribution in [0.3, 0.4) is 0 Å². The molecule has 2 heterocycles. The van der Waals surface area contributed by atoms with Gasteiger partial charge >= 0.3 is 0 Å². The van der Waals surface area contributed by atoms with Gasteiger partial charge in [0.1, 0.15) is 5.69 Å². The lowest BCUT2D eigenvalue weighted by molar-refractivity contribution is 0.127. The second kappa shape index (κ2) is 5.57. The zero-order valence-electron chi connectivity index (χ0n) is 11.6. The molecular formula is C14H22N4O. The highest BCUT2D eigenvalue weighted by Crippen LogP contribution is 2.30. The lowest BCUT2D eigenvalue weighted by Gasteiger charge is -2.36. The molecule has 1 aromatic heterocycles. The molecular weight excluding hydrogens is 240 g/mol. The van der Waals surface area contributed by atoms with Crippen LogP contribution in [-0.4, -0.2) is 34.0 Å². The summed E-state index contributed by atoms with van der Waals surface area (Å²) in [7, 11) is 0. The number of pyridine rings is 1. The number of nitrogens with two attached hydrogens (primary N) is 1. The number of amidine groups is 1. The van der Waals surface area contributed by atoms with Gasteiger partial charge in [0.05, 0.1) is 0 Å². The largest absolute Gasteiger partial charge is 0.409 e. The Balaban J connectivity index is 2.00. The van der Waals surface area contributed by atoms with Gasteiger partial charge in [-0.25, -0.2) is 0 Å².